The van der Waals surface area contributed by atoms with Crippen LogP contribution in [0.3, 0.4) is 0 Å². The third-order valence-electron chi connectivity index (χ3n) is 5.29. The Kier molecular flexibility index (Phi) is 6.78. The minimum Gasteiger partial charge on any atom is -0.495 e. The van der Waals surface area contributed by atoms with E-state index in [4.69, 9.17) is 10.5 Å². The molecule has 1 aliphatic heterocycles. The number of rotatable bonds is 5. The lowest BCUT2D eigenvalue weighted by molar-refractivity contribution is 0.0779. The van der Waals surface area contributed by atoms with Gasteiger partial charge in [-0.25, -0.2) is 13.1 Å². The van der Waals surface area contributed by atoms with E-state index in [1.807, 2.05) is 0 Å². The van der Waals surface area contributed by atoms with Crippen LogP contribution in [0.25, 0.3) is 0 Å². The number of hydrogen-bond donors (Lipinski definition) is 2. The highest BCUT2D eigenvalue weighted by molar-refractivity contribution is 7.89. The number of sulfonamides is 1. The van der Waals surface area contributed by atoms with Crippen molar-refractivity contribution in [2.45, 2.75) is 43.7 Å². The van der Waals surface area contributed by atoms with Crippen molar-refractivity contribution in [3.8, 4) is 5.75 Å². The van der Waals surface area contributed by atoms with Gasteiger partial charge in [-0.3, -0.25) is 4.79 Å². The number of carbonyl (C=O) groups is 1. The maximum atomic E-state index is 12.9. The van der Waals surface area contributed by atoms with Crippen molar-refractivity contribution in [1.82, 2.24) is 9.62 Å². The molecule has 3 N–H and O–H groups in total. The molecule has 0 bridgehead atoms. The Morgan fingerprint density at radius 1 is 1.30 bits per heavy atom. The predicted octanol–water partition coefficient (Wildman–Crippen LogP) is 1.61. The van der Waals surface area contributed by atoms with Crippen molar-refractivity contribution in [2.24, 2.45) is 17.6 Å². The van der Waals surface area contributed by atoms with Crippen LogP contribution in [0, 0.1) is 11.8 Å². The van der Waals surface area contributed by atoms with Crippen LogP contribution < -0.4 is 15.2 Å². The van der Waals surface area contributed by atoms with Gasteiger partial charge in [0, 0.05) is 30.7 Å². The number of hydrogen-bond acceptors (Lipinski definition) is 5. The van der Waals surface area contributed by atoms with Crippen LogP contribution in [-0.2, 0) is 10.0 Å². The summed E-state index contributed by atoms with van der Waals surface area (Å²) in [7, 11) is -2.36. The van der Waals surface area contributed by atoms with E-state index in [0.29, 0.717) is 30.5 Å². The first-order valence-electron chi connectivity index (χ1n) is 8.98. The molecule has 0 aromatic heterocycles. The lowest BCUT2D eigenvalue weighted by Gasteiger charge is -2.20. The fraction of sp³-hybridized carbons (Fsp3) is 0.611. The van der Waals surface area contributed by atoms with Crippen LogP contribution >= 0.6 is 12.4 Å². The highest BCUT2D eigenvalue weighted by Crippen LogP contribution is 2.38. The molecule has 1 heterocycles. The number of ether oxygens (including phenoxy) is 1. The normalized spacial score (nSPS) is 24.6. The van der Waals surface area contributed by atoms with E-state index in [-0.39, 0.29) is 41.0 Å². The molecule has 2 aliphatic rings. The van der Waals surface area contributed by atoms with Gasteiger partial charge in [0.2, 0.25) is 10.0 Å². The molecule has 9 heteroatoms. The Morgan fingerprint density at radius 2 is 2.00 bits per heavy atom. The molecule has 27 heavy (non-hydrogen) atoms. The topological polar surface area (TPSA) is 102 Å². The molecule has 3 rings (SSSR count). The molecule has 2 fully saturated rings. The third-order valence-corrected chi connectivity index (χ3v) is 6.97. The molecule has 0 radical (unpaired) electrons. The molecule has 7 nitrogen and oxygen atoms in total. The second-order valence-electron chi connectivity index (χ2n) is 7.52. The smallest absolute Gasteiger partial charge is 0.253 e. The molecular weight excluding hydrogens is 390 g/mol. The Bertz CT molecular complexity index is 800. The Balaban J connectivity index is 0.00000261. The van der Waals surface area contributed by atoms with Crippen molar-refractivity contribution >= 4 is 28.3 Å². The summed E-state index contributed by atoms with van der Waals surface area (Å²) in [5.74, 6) is 0.867. The summed E-state index contributed by atoms with van der Waals surface area (Å²) >= 11 is 0. The second-order valence-corrected chi connectivity index (χ2v) is 9.20. The maximum Gasteiger partial charge on any atom is 0.253 e. The van der Waals surface area contributed by atoms with Crippen LogP contribution in [0.5, 0.6) is 5.75 Å². The predicted molar refractivity (Wildman–Crippen MR) is 106 cm³/mol. The van der Waals surface area contributed by atoms with Gasteiger partial charge >= 0.3 is 0 Å². The van der Waals surface area contributed by atoms with Gasteiger partial charge in [0.25, 0.3) is 5.91 Å². The number of nitrogens with zero attached hydrogens (tertiary/aromatic N) is 1. The van der Waals surface area contributed by atoms with E-state index in [9.17, 15) is 13.2 Å². The van der Waals surface area contributed by atoms with E-state index >= 15 is 0 Å². The second kappa shape index (κ2) is 8.34. The first kappa shape index (κ1) is 21.9. The molecule has 3 atom stereocenters. The van der Waals surface area contributed by atoms with Gasteiger partial charge in [0.15, 0.2) is 0 Å². The van der Waals surface area contributed by atoms with E-state index in [2.05, 4.69) is 4.72 Å². The van der Waals surface area contributed by atoms with Gasteiger partial charge < -0.3 is 15.4 Å². The zero-order valence-corrected chi connectivity index (χ0v) is 17.5. The van der Waals surface area contributed by atoms with Crippen LogP contribution in [0.2, 0.25) is 0 Å². The van der Waals surface area contributed by atoms with E-state index in [1.54, 1.807) is 24.8 Å². The average Bonchev–Trinajstić information content (AvgIpc) is 3.15. The lowest BCUT2D eigenvalue weighted by Crippen LogP contribution is -2.34. The number of methoxy groups -OCH3 is 1. The summed E-state index contributed by atoms with van der Waals surface area (Å²) in [6.45, 7) is 4.81. The fourth-order valence-corrected chi connectivity index (χ4v) is 5.50. The lowest BCUT2D eigenvalue weighted by atomic mass is 9.98. The van der Waals surface area contributed by atoms with Crippen molar-refractivity contribution in [2.75, 3.05) is 20.2 Å². The van der Waals surface area contributed by atoms with Crippen molar-refractivity contribution < 1.29 is 17.9 Å². The van der Waals surface area contributed by atoms with Crippen LogP contribution in [0.1, 0.15) is 37.0 Å². The van der Waals surface area contributed by atoms with E-state index < -0.39 is 10.0 Å². The monoisotopic (exact) mass is 417 g/mol. The van der Waals surface area contributed by atoms with Gasteiger partial charge in [-0.15, -0.1) is 12.4 Å². The molecule has 1 amide bonds. The van der Waals surface area contributed by atoms with Crippen molar-refractivity contribution in [3.05, 3.63) is 23.8 Å². The van der Waals surface area contributed by atoms with Crippen LogP contribution in [0.4, 0.5) is 0 Å². The Labute approximate surface area is 167 Å². The summed E-state index contributed by atoms with van der Waals surface area (Å²) in [5.41, 5.74) is 6.49. The summed E-state index contributed by atoms with van der Waals surface area (Å²) in [4.78, 5) is 14.7. The molecule has 1 aliphatic carbocycles. The van der Waals surface area contributed by atoms with Gasteiger partial charge in [0.1, 0.15) is 10.6 Å². The summed E-state index contributed by atoms with van der Waals surface area (Å²) in [5, 5.41) is 0. The highest BCUT2D eigenvalue weighted by atomic mass is 35.5. The third kappa shape index (κ3) is 4.39. The molecule has 0 spiro atoms. The number of nitrogens with one attached hydrogen (secondary N) is 1. The molecule has 1 saturated heterocycles. The highest BCUT2D eigenvalue weighted by Gasteiger charge is 2.42. The number of carbonyl (C=O) groups excluding carboxylic acids is 1. The number of benzene rings is 1. The van der Waals surface area contributed by atoms with Gasteiger partial charge in [-0.2, -0.15) is 0 Å². The van der Waals surface area contributed by atoms with Gasteiger partial charge in [0.05, 0.1) is 7.11 Å². The van der Waals surface area contributed by atoms with Crippen molar-refractivity contribution in [1.29, 1.82) is 0 Å². The largest absolute Gasteiger partial charge is 0.495 e. The standard InChI is InChI=1S/C18H27N3O4S.ClH/c1-11(2)20-26(23,24)17-8-12(5-7-16(17)25-3)18(22)21-9-13-4-6-15(19)14(13)10-21;/h5,7-8,11,13-15,20H,4,6,9-10,19H2,1-3H3;1H. The Hall–Kier alpha value is -1.35. The number of fused-ring (bicyclic) bond motifs is 1. The maximum absolute atomic E-state index is 12.9. The zero-order chi connectivity index (χ0) is 19.1. The average molecular weight is 418 g/mol. The number of likely N-dealkylation sites (tertiary alicyclic amines) is 1. The number of halogens is 1. The fourth-order valence-electron chi connectivity index (χ4n) is 4.05. The van der Waals surface area contributed by atoms with Gasteiger partial charge in [-0.1, -0.05) is 0 Å². The van der Waals surface area contributed by atoms with Gasteiger partial charge in [-0.05, 0) is 56.7 Å². The van der Waals surface area contributed by atoms with Crippen LogP contribution in [0.15, 0.2) is 23.1 Å². The Morgan fingerprint density at radius 3 is 2.59 bits per heavy atom. The number of amides is 1. The summed E-state index contributed by atoms with van der Waals surface area (Å²) in [6, 6.07) is 4.44. The van der Waals surface area contributed by atoms with E-state index in [1.165, 1.54) is 19.2 Å². The minimum absolute atomic E-state index is 0. The molecule has 3 unspecified atom stereocenters. The molecular formula is C18H28ClN3O4S. The summed E-state index contributed by atoms with van der Waals surface area (Å²) < 4.78 is 32.9. The van der Waals surface area contributed by atoms with Crippen molar-refractivity contribution in [3.63, 3.8) is 0 Å². The SMILES string of the molecule is COc1ccc(C(=O)N2CC3CCC(N)C3C2)cc1S(=O)(=O)NC(C)C.Cl. The molecule has 152 valence electrons. The molecule has 1 aromatic rings. The molecule has 1 aromatic carbocycles. The quantitative estimate of drug-likeness (QED) is 0.757. The first-order chi connectivity index (χ1) is 12.2. The van der Waals surface area contributed by atoms with Crippen LogP contribution in [-0.4, -0.2) is 51.5 Å². The molecule has 1 saturated carbocycles. The first-order valence-corrected chi connectivity index (χ1v) is 10.5. The zero-order valence-electron chi connectivity index (χ0n) is 15.8. The minimum atomic E-state index is -3.77. The number of nitrogens with two attached hydrogens (primary N) is 1. The van der Waals surface area contributed by atoms with E-state index in [0.717, 1.165) is 12.8 Å². The summed E-state index contributed by atoms with van der Waals surface area (Å²) in [6.07, 6.45) is 2.07.